The van der Waals surface area contributed by atoms with Gasteiger partial charge in [0.2, 0.25) is 0 Å². The summed E-state index contributed by atoms with van der Waals surface area (Å²) in [6, 6.07) is 5.78. The van der Waals surface area contributed by atoms with Gasteiger partial charge in [0.1, 0.15) is 17.2 Å². The Bertz CT molecular complexity index is 1650. The van der Waals surface area contributed by atoms with E-state index in [-0.39, 0.29) is 16.2 Å². The van der Waals surface area contributed by atoms with Gasteiger partial charge >= 0.3 is 6.18 Å². The van der Waals surface area contributed by atoms with Gasteiger partial charge in [-0.2, -0.15) is 13.2 Å². The van der Waals surface area contributed by atoms with E-state index >= 15 is 0 Å². The van der Waals surface area contributed by atoms with E-state index < -0.39 is 11.7 Å². The van der Waals surface area contributed by atoms with Crippen LogP contribution in [0, 0.1) is 10.8 Å². The Morgan fingerprint density at radius 2 is 1.71 bits per heavy atom. The van der Waals surface area contributed by atoms with Crippen molar-refractivity contribution in [3.8, 4) is 17.0 Å². The highest BCUT2D eigenvalue weighted by Gasteiger charge is 2.48. The Balaban J connectivity index is 1.08. The fraction of sp³-hybridized carbons (Fsp3) is 0.406. The van der Waals surface area contributed by atoms with Gasteiger partial charge in [0.25, 0.3) is 0 Å². The van der Waals surface area contributed by atoms with E-state index in [1.165, 1.54) is 12.3 Å². The van der Waals surface area contributed by atoms with Crippen LogP contribution in [-0.4, -0.2) is 21.7 Å². The third-order valence-corrected chi connectivity index (χ3v) is 9.99. The van der Waals surface area contributed by atoms with Gasteiger partial charge in [0.05, 0.1) is 27.7 Å². The van der Waals surface area contributed by atoms with Crippen LogP contribution in [0.5, 0.6) is 5.75 Å². The Labute approximate surface area is 251 Å². The Hall–Kier alpha value is -3.10. The summed E-state index contributed by atoms with van der Waals surface area (Å²) in [6.07, 6.45) is 12.5. The molecule has 4 aliphatic carbocycles. The van der Waals surface area contributed by atoms with Crippen LogP contribution in [0.4, 0.5) is 13.2 Å². The molecular formula is C32H28Cl2F3N3O2. The molecule has 8 rings (SSSR count). The van der Waals surface area contributed by atoms with E-state index in [0.29, 0.717) is 45.1 Å². The molecule has 0 atom stereocenters. The third kappa shape index (κ3) is 5.06. The second-order valence-corrected chi connectivity index (χ2v) is 12.9. The van der Waals surface area contributed by atoms with Crippen LogP contribution in [-0.2, 0) is 6.18 Å². The van der Waals surface area contributed by atoms with Gasteiger partial charge in [-0.05, 0) is 81.0 Å². The highest BCUT2D eigenvalue weighted by Crippen LogP contribution is 2.58. The molecule has 0 spiro atoms. The van der Waals surface area contributed by atoms with Crippen molar-refractivity contribution in [3.63, 3.8) is 0 Å². The maximum atomic E-state index is 13.5. The number of alkyl halides is 3. The molecular weight excluding hydrogens is 586 g/mol. The molecule has 3 aromatic heterocycles. The number of fused-ring (bicyclic) bond motifs is 4. The van der Waals surface area contributed by atoms with Crippen LogP contribution in [0.2, 0.25) is 10.0 Å². The first-order valence-corrected chi connectivity index (χ1v) is 15.0. The number of halogens is 5. The standard InChI is InChI=1S/C32H28Cl2F3N3O2/c33-24-16-38-17-25(34)27(24)28-21(29(42-40-28)19-1-2-19)5-7-30-8-11-31(12-9-30,13-10-30)18-41-20-3-4-26-22(15-20)23(6-14-39-26)32(35,36)37/h3-7,14-17,19H,1-2,8-13,18H2/b7-5+. The maximum absolute atomic E-state index is 13.5. The summed E-state index contributed by atoms with van der Waals surface area (Å²) in [4.78, 5) is 8.16. The zero-order chi connectivity index (χ0) is 29.1. The van der Waals surface area contributed by atoms with Crippen LogP contribution < -0.4 is 4.74 Å². The van der Waals surface area contributed by atoms with Crippen molar-refractivity contribution in [2.24, 2.45) is 10.8 Å². The lowest BCUT2D eigenvalue weighted by molar-refractivity contribution is -0.136. The molecule has 4 aromatic rings. The monoisotopic (exact) mass is 613 g/mol. The topological polar surface area (TPSA) is 61.0 Å². The number of ether oxygens (including phenoxy) is 1. The van der Waals surface area contributed by atoms with Gasteiger partial charge in [-0.3, -0.25) is 9.97 Å². The fourth-order valence-electron chi connectivity index (χ4n) is 6.65. The molecule has 1 aromatic carbocycles. The number of allylic oxidation sites excluding steroid dienone is 1. The molecule has 0 amide bonds. The number of rotatable bonds is 7. The average molecular weight is 614 g/mol. The van der Waals surface area contributed by atoms with Gasteiger partial charge in [0, 0.05) is 46.4 Å². The van der Waals surface area contributed by atoms with Crippen molar-refractivity contribution in [3.05, 3.63) is 75.9 Å². The summed E-state index contributed by atoms with van der Waals surface area (Å²) in [6.45, 7) is 0.487. The number of benzene rings is 1. The molecule has 0 unspecified atom stereocenters. The minimum Gasteiger partial charge on any atom is -0.493 e. The first kappa shape index (κ1) is 27.7. The molecule has 0 saturated heterocycles. The van der Waals surface area contributed by atoms with Gasteiger partial charge in [-0.25, -0.2) is 0 Å². The smallest absolute Gasteiger partial charge is 0.417 e. The second kappa shape index (κ2) is 10.3. The van der Waals surface area contributed by atoms with Crippen molar-refractivity contribution in [2.45, 2.75) is 63.5 Å². The van der Waals surface area contributed by atoms with Crippen molar-refractivity contribution in [2.75, 3.05) is 6.61 Å². The molecule has 218 valence electrons. The first-order valence-electron chi connectivity index (χ1n) is 14.2. The van der Waals surface area contributed by atoms with E-state index in [9.17, 15) is 13.2 Å². The Morgan fingerprint density at radius 3 is 2.38 bits per heavy atom. The van der Waals surface area contributed by atoms with Crippen LogP contribution in [0.15, 0.2) is 53.5 Å². The summed E-state index contributed by atoms with van der Waals surface area (Å²) < 4.78 is 52.6. The number of nitrogens with zero attached hydrogens (tertiary/aromatic N) is 3. The zero-order valence-electron chi connectivity index (χ0n) is 22.7. The summed E-state index contributed by atoms with van der Waals surface area (Å²) in [5.41, 5.74) is 1.92. The summed E-state index contributed by atoms with van der Waals surface area (Å²) >= 11 is 13.0. The third-order valence-electron chi connectivity index (χ3n) is 9.42. The number of hydrogen-bond acceptors (Lipinski definition) is 5. The lowest BCUT2D eigenvalue weighted by Gasteiger charge is -2.52. The van der Waals surface area contributed by atoms with Crippen molar-refractivity contribution in [1.82, 2.24) is 15.1 Å². The predicted molar refractivity (Wildman–Crippen MR) is 156 cm³/mol. The first-order chi connectivity index (χ1) is 20.2. The average Bonchev–Trinajstić information content (AvgIpc) is 3.75. The molecule has 0 radical (unpaired) electrons. The molecule has 5 nitrogen and oxygen atoms in total. The summed E-state index contributed by atoms with van der Waals surface area (Å²) in [7, 11) is 0. The quantitative estimate of drug-likeness (QED) is 0.207. The number of aromatic nitrogens is 3. The Morgan fingerprint density at radius 1 is 1.00 bits per heavy atom. The van der Waals surface area contributed by atoms with Gasteiger partial charge in [-0.1, -0.05) is 40.5 Å². The van der Waals surface area contributed by atoms with E-state index in [1.54, 1.807) is 24.5 Å². The number of hydrogen-bond donors (Lipinski definition) is 0. The van der Waals surface area contributed by atoms with Gasteiger partial charge in [0.15, 0.2) is 0 Å². The molecule has 10 heteroatoms. The van der Waals surface area contributed by atoms with Gasteiger partial charge < -0.3 is 9.26 Å². The molecule has 4 fully saturated rings. The van der Waals surface area contributed by atoms with Gasteiger partial charge in [-0.15, -0.1) is 0 Å². The lowest BCUT2D eigenvalue weighted by Crippen LogP contribution is -2.43. The normalized spacial score (nSPS) is 24.1. The minimum absolute atomic E-state index is 0.0198. The van der Waals surface area contributed by atoms with Crippen molar-refractivity contribution in [1.29, 1.82) is 0 Å². The molecule has 4 aliphatic rings. The zero-order valence-corrected chi connectivity index (χ0v) is 24.2. The molecule has 0 aliphatic heterocycles. The van der Waals surface area contributed by atoms with Crippen LogP contribution in [0.25, 0.3) is 28.2 Å². The molecule has 3 heterocycles. The molecule has 4 saturated carbocycles. The largest absolute Gasteiger partial charge is 0.493 e. The summed E-state index contributed by atoms with van der Waals surface area (Å²) in [5, 5.41) is 5.31. The van der Waals surface area contributed by atoms with E-state index in [0.717, 1.165) is 68.8 Å². The fourth-order valence-corrected chi connectivity index (χ4v) is 7.19. The van der Waals surface area contributed by atoms with Crippen LogP contribution >= 0.6 is 23.2 Å². The highest BCUT2D eigenvalue weighted by molar-refractivity contribution is 6.39. The van der Waals surface area contributed by atoms with E-state index in [1.807, 2.05) is 0 Å². The van der Waals surface area contributed by atoms with Crippen molar-refractivity contribution < 1.29 is 22.4 Å². The molecule has 2 bridgehead atoms. The van der Waals surface area contributed by atoms with E-state index in [2.05, 4.69) is 27.3 Å². The minimum atomic E-state index is -4.45. The van der Waals surface area contributed by atoms with Crippen molar-refractivity contribution >= 4 is 40.2 Å². The number of pyridine rings is 2. The van der Waals surface area contributed by atoms with Crippen LogP contribution in [0.3, 0.4) is 0 Å². The lowest BCUT2D eigenvalue weighted by atomic mass is 9.54. The predicted octanol–water partition coefficient (Wildman–Crippen LogP) is 9.92. The molecule has 42 heavy (non-hydrogen) atoms. The Kier molecular flexibility index (Phi) is 6.77. The van der Waals surface area contributed by atoms with E-state index in [4.69, 9.17) is 32.5 Å². The second-order valence-electron chi connectivity index (χ2n) is 12.1. The summed E-state index contributed by atoms with van der Waals surface area (Å²) in [5.74, 6) is 1.69. The highest BCUT2D eigenvalue weighted by atomic mass is 35.5. The molecule has 0 N–H and O–H groups in total. The SMILES string of the molecule is FC(F)(F)c1ccnc2ccc(OCC34CCC(/C=C/c5c(-c6c(Cl)cncc6Cl)noc5C5CC5)(CC3)CC4)cc12. The maximum Gasteiger partial charge on any atom is 0.417 e. The van der Waals surface area contributed by atoms with Crippen LogP contribution in [0.1, 0.15) is 74.2 Å².